The van der Waals surface area contributed by atoms with Gasteiger partial charge in [0, 0.05) is 0 Å². The fraction of sp³-hybridized carbons (Fsp3) is 0.667. The van der Waals surface area contributed by atoms with Crippen LogP contribution >= 0.6 is 0 Å². The second kappa shape index (κ2) is 4.78. The Morgan fingerprint density at radius 3 is 1.50 bits per heavy atom. The third kappa shape index (κ3) is 3.06. The first-order valence-electron chi connectivity index (χ1n) is 3.15. The lowest BCUT2D eigenvalue weighted by Crippen LogP contribution is -2.18. The molecule has 0 aromatic rings. The van der Waals surface area contributed by atoms with Crippen LogP contribution in [0.1, 0.15) is 13.8 Å². The Kier molecular flexibility index (Phi) is 4.28. The summed E-state index contributed by atoms with van der Waals surface area (Å²) in [4.78, 5) is 0. The molecule has 0 aliphatic rings. The van der Waals surface area contributed by atoms with Crippen LogP contribution in [0.15, 0.2) is 0 Å². The van der Waals surface area contributed by atoms with Gasteiger partial charge in [0.25, 0.3) is 11.8 Å². The van der Waals surface area contributed by atoms with Gasteiger partial charge in [-0.25, -0.2) is 0 Å². The van der Waals surface area contributed by atoms with E-state index in [0.29, 0.717) is 13.2 Å². The first kappa shape index (κ1) is 8.94. The summed E-state index contributed by atoms with van der Waals surface area (Å²) in [6.07, 6.45) is 0. The molecular formula is C6H12N2O2. The minimum absolute atomic E-state index is 0.204. The van der Waals surface area contributed by atoms with Gasteiger partial charge in [0.05, 0.1) is 13.2 Å². The average molecular weight is 144 g/mol. The minimum atomic E-state index is -0.204. The maximum Gasteiger partial charge on any atom is 0.269 e. The number of hydrogen-bond acceptors (Lipinski definition) is 4. The van der Waals surface area contributed by atoms with Crippen molar-refractivity contribution in [1.82, 2.24) is 0 Å². The molecule has 4 nitrogen and oxygen atoms in total. The molecule has 0 heterocycles. The van der Waals surface area contributed by atoms with E-state index in [1.54, 1.807) is 13.8 Å². The summed E-state index contributed by atoms with van der Waals surface area (Å²) in [5, 5.41) is 14.1. The Hall–Kier alpha value is -1.06. The molecule has 0 saturated heterocycles. The summed E-state index contributed by atoms with van der Waals surface area (Å²) in [7, 11) is 0. The topological polar surface area (TPSA) is 66.2 Å². The molecule has 0 bridgehead atoms. The zero-order chi connectivity index (χ0) is 7.98. The smallest absolute Gasteiger partial charge is 0.269 e. The van der Waals surface area contributed by atoms with E-state index in [1.165, 1.54) is 0 Å². The normalized spacial score (nSPS) is 8.60. The predicted octanol–water partition coefficient (Wildman–Crippen LogP) is 1.01. The summed E-state index contributed by atoms with van der Waals surface area (Å²) in [6.45, 7) is 4.31. The lowest BCUT2D eigenvalue weighted by Gasteiger charge is -2.05. The largest absolute Gasteiger partial charge is 0.475 e. The first-order valence-corrected chi connectivity index (χ1v) is 3.15. The Bertz CT molecular complexity index is 118. The van der Waals surface area contributed by atoms with E-state index in [1.807, 2.05) is 0 Å². The van der Waals surface area contributed by atoms with Crippen LogP contribution in [0.25, 0.3) is 0 Å². The Balaban J connectivity index is 3.60. The van der Waals surface area contributed by atoms with Crippen LogP contribution < -0.4 is 0 Å². The third-order valence-corrected chi connectivity index (χ3v) is 0.784. The van der Waals surface area contributed by atoms with E-state index >= 15 is 0 Å². The van der Waals surface area contributed by atoms with E-state index in [9.17, 15) is 0 Å². The highest BCUT2D eigenvalue weighted by atomic mass is 16.5. The third-order valence-electron chi connectivity index (χ3n) is 0.784. The first-order chi connectivity index (χ1) is 4.72. The predicted molar refractivity (Wildman–Crippen MR) is 38.7 cm³/mol. The van der Waals surface area contributed by atoms with Gasteiger partial charge in [-0.3, -0.25) is 10.8 Å². The molecule has 0 radical (unpaired) electrons. The van der Waals surface area contributed by atoms with E-state index in [4.69, 9.17) is 10.8 Å². The van der Waals surface area contributed by atoms with Crippen LogP contribution in [0.4, 0.5) is 0 Å². The van der Waals surface area contributed by atoms with Gasteiger partial charge in [0.1, 0.15) is 0 Å². The van der Waals surface area contributed by atoms with E-state index in [-0.39, 0.29) is 11.8 Å². The zero-order valence-electron chi connectivity index (χ0n) is 6.23. The lowest BCUT2D eigenvalue weighted by molar-refractivity contribution is 0.292. The number of rotatable bonds is 2. The van der Waals surface area contributed by atoms with Gasteiger partial charge in [-0.15, -0.1) is 0 Å². The Morgan fingerprint density at radius 1 is 1.00 bits per heavy atom. The second-order valence-electron chi connectivity index (χ2n) is 1.52. The average Bonchev–Trinajstić information content (AvgIpc) is 1.89. The highest BCUT2D eigenvalue weighted by molar-refractivity contribution is 6.32. The fourth-order valence-corrected chi connectivity index (χ4v) is 0.420. The van der Waals surface area contributed by atoms with Gasteiger partial charge in [-0.05, 0) is 13.8 Å². The van der Waals surface area contributed by atoms with Gasteiger partial charge < -0.3 is 9.47 Å². The monoisotopic (exact) mass is 144 g/mol. The highest BCUT2D eigenvalue weighted by Crippen LogP contribution is 1.84. The van der Waals surface area contributed by atoms with Crippen LogP contribution in [0, 0.1) is 10.8 Å². The van der Waals surface area contributed by atoms with Crippen LogP contribution in [-0.4, -0.2) is 25.0 Å². The zero-order valence-corrected chi connectivity index (χ0v) is 6.23. The molecule has 0 saturated carbocycles. The molecule has 0 atom stereocenters. The highest BCUT2D eigenvalue weighted by Gasteiger charge is 2.04. The van der Waals surface area contributed by atoms with E-state index in [0.717, 1.165) is 0 Å². The Morgan fingerprint density at radius 2 is 1.30 bits per heavy atom. The molecule has 0 unspecified atom stereocenters. The summed E-state index contributed by atoms with van der Waals surface area (Å²) < 4.78 is 9.38. The molecule has 0 aliphatic heterocycles. The standard InChI is InChI=1S/C6H12N2O2/c1-3-9-5(7)6(8)10-4-2/h7-8H,3-4H2,1-2H3. The Labute approximate surface area is 60.2 Å². The molecule has 0 amide bonds. The van der Waals surface area contributed by atoms with Gasteiger partial charge in [0.15, 0.2) is 0 Å². The number of ether oxygens (including phenoxy) is 2. The van der Waals surface area contributed by atoms with Crippen molar-refractivity contribution in [2.24, 2.45) is 0 Å². The molecule has 0 aromatic carbocycles. The maximum absolute atomic E-state index is 7.03. The number of hydrogen-bond donors (Lipinski definition) is 2. The molecule has 0 spiro atoms. The summed E-state index contributed by atoms with van der Waals surface area (Å²) in [5.41, 5.74) is 0. The van der Waals surface area contributed by atoms with Gasteiger partial charge >= 0.3 is 0 Å². The maximum atomic E-state index is 7.03. The van der Waals surface area contributed by atoms with Crippen LogP contribution in [0.3, 0.4) is 0 Å². The fourth-order valence-electron chi connectivity index (χ4n) is 0.420. The molecular weight excluding hydrogens is 132 g/mol. The lowest BCUT2D eigenvalue weighted by atomic mass is 10.6. The molecule has 2 N–H and O–H groups in total. The van der Waals surface area contributed by atoms with Crippen LogP contribution in [0.5, 0.6) is 0 Å². The van der Waals surface area contributed by atoms with Crippen LogP contribution in [0.2, 0.25) is 0 Å². The van der Waals surface area contributed by atoms with Crippen molar-refractivity contribution in [2.75, 3.05) is 13.2 Å². The van der Waals surface area contributed by atoms with Crippen molar-refractivity contribution in [3.63, 3.8) is 0 Å². The van der Waals surface area contributed by atoms with E-state index < -0.39 is 0 Å². The molecule has 4 heteroatoms. The van der Waals surface area contributed by atoms with Crippen molar-refractivity contribution < 1.29 is 9.47 Å². The molecule has 58 valence electrons. The molecule has 0 aliphatic carbocycles. The molecule has 0 rings (SSSR count). The number of nitrogens with one attached hydrogen (secondary N) is 2. The van der Waals surface area contributed by atoms with Gasteiger partial charge in [0.2, 0.25) is 0 Å². The van der Waals surface area contributed by atoms with Crippen molar-refractivity contribution in [3.05, 3.63) is 0 Å². The molecule has 10 heavy (non-hydrogen) atoms. The molecule has 0 fully saturated rings. The van der Waals surface area contributed by atoms with Gasteiger partial charge in [-0.1, -0.05) is 0 Å². The van der Waals surface area contributed by atoms with Crippen molar-refractivity contribution >= 4 is 11.8 Å². The van der Waals surface area contributed by atoms with Crippen LogP contribution in [-0.2, 0) is 9.47 Å². The van der Waals surface area contributed by atoms with E-state index in [2.05, 4.69) is 9.47 Å². The SMILES string of the molecule is CCOC(=N)C(=N)OCC. The van der Waals surface area contributed by atoms with Crippen molar-refractivity contribution in [2.45, 2.75) is 13.8 Å². The minimum Gasteiger partial charge on any atom is -0.475 e. The molecule has 0 aromatic heterocycles. The summed E-state index contributed by atoms with van der Waals surface area (Å²) in [5.74, 6) is -0.409. The quantitative estimate of drug-likeness (QED) is 0.448. The summed E-state index contributed by atoms with van der Waals surface area (Å²) in [6, 6.07) is 0. The van der Waals surface area contributed by atoms with Gasteiger partial charge in [-0.2, -0.15) is 0 Å². The second-order valence-corrected chi connectivity index (χ2v) is 1.52. The van der Waals surface area contributed by atoms with Crippen molar-refractivity contribution in [3.8, 4) is 0 Å². The summed E-state index contributed by atoms with van der Waals surface area (Å²) >= 11 is 0. The van der Waals surface area contributed by atoms with Crippen molar-refractivity contribution in [1.29, 1.82) is 10.8 Å².